The lowest BCUT2D eigenvalue weighted by Gasteiger charge is -2.06. The zero-order valence-corrected chi connectivity index (χ0v) is 12.6. The van der Waals surface area contributed by atoms with Crippen molar-refractivity contribution in [3.8, 4) is 0 Å². The van der Waals surface area contributed by atoms with Gasteiger partial charge in [-0.1, -0.05) is 12.1 Å². The number of hydrogen-bond donors (Lipinski definition) is 1. The largest absolute Gasteiger partial charge is 0.240 e. The molecule has 0 radical (unpaired) electrons. The molecule has 1 heterocycles. The van der Waals surface area contributed by atoms with E-state index in [0.717, 1.165) is 17.5 Å². The topological polar surface area (TPSA) is 46.2 Å². The van der Waals surface area contributed by atoms with E-state index in [1.165, 1.54) is 0 Å². The van der Waals surface area contributed by atoms with Gasteiger partial charge in [-0.25, -0.2) is 13.1 Å². The third-order valence-corrected chi connectivity index (χ3v) is 5.00. The molecule has 0 aliphatic heterocycles. The zero-order valence-electron chi connectivity index (χ0n) is 10.2. The highest BCUT2D eigenvalue weighted by molar-refractivity contribution is 7.89. The summed E-state index contributed by atoms with van der Waals surface area (Å²) >= 11 is 7.19. The standard InChI is InChI=1S/C13H14ClNO2S2/c14-7-5-11-1-3-13(4-2-11)19(16,17)15-9-12-6-8-18-10-12/h1-4,6,8,10,15H,5,7,9H2. The van der Waals surface area contributed by atoms with E-state index in [4.69, 9.17) is 11.6 Å². The molecule has 0 bridgehead atoms. The summed E-state index contributed by atoms with van der Waals surface area (Å²) in [6.07, 6.45) is 0.740. The van der Waals surface area contributed by atoms with Crippen molar-refractivity contribution in [3.63, 3.8) is 0 Å². The van der Waals surface area contributed by atoms with Crippen molar-refractivity contribution in [2.75, 3.05) is 5.88 Å². The second kappa shape index (κ2) is 6.52. The summed E-state index contributed by atoms with van der Waals surface area (Å²) in [6, 6.07) is 8.70. The van der Waals surface area contributed by atoms with Gasteiger partial charge in [0.2, 0.25) is 10.0 Å². The van der Waals surface area contributed by atoms with E-state index in [2.05, 4.69) is 4.72 Å². The van der Waals surface area contributed by atoms with Crippen molar-refractivity contribution in [2.24, 2.45) is 0 Å². The van der Waals surface area contributed by atoms with Crippen molar-refractivity contribution in [2.45, 2.75) is 17.9 Å². The molecule has 2 aromatic rings. The zero-order chi connectivity index (χ0) is 13.7. The van der Waals surface area contributed by atoms with Crippen LogP contribution in [0.1, 0.15) is 11.1 Å². The van der Waals surface area contributed by atoms with Gasteiger partial charge >= 0.3 is 0 Å². The Hall–Kier alpha value is -0.880. The van der Waals surface area contributed by atoms with E-state index >= 15 is 0 Å². The molecular formula is C13H14ClNO2S2. The number of hydrogen-bond acceptors (Lipinski definition) is 3. The van der Waals surface area contributed by atoms with Gasteiger partial charge in [0.25, 0.3) is 0 Å². The maximum absolute atomic E-state index is 12.1. The molecule has 102 valence electrons. The minimum atomic E-state index is -3.45. The number of nitrogens with one attached hydrogen (secondary N) is 1. The average molecular weight is 316 g/mol. The van der Waals surface area contributed by atoms with Gasteiger partial charge in [-0.15, -0.1) is 11.6 Å². The molecule has 0 amide bonds. The van der Waals surface area contributed by atoms with E-state index in [9.17, 15) is 8.42 Å². The summed E-state index contributed by atoms with van der Waals surface area (Å²) in [5.74, 6) is 0.530. The summed E-state index contributed by atoms with van der Waals surface area (Å²) in [5.41, 5.74) is 2.00. The first-order valence-electron chi connectivity index (χ1n) is 5.77. The highest BCUT2D eigenvalue weighted by Crippen LogP contribution is 2.13. The lowest BCUT2D eigenvalue weighted by molar-refractivity contribution is 0.581. The predicted molar refractivity (Wildman–Crippen MR) is 79.2 cm³/mol. The van der Waals surface area contributed by atoms with Gasteiger partial charge in [-0.3, -0.25) is 0 Å². The highest BCUT2D eigenvalue weighted by Gasteiger charge is 2.13. The van der Waals surface area contributed by atoms with Crippen LogP contribution in [0, 0.1) is 0 Å². The Morgan fingerprint density at radius 2 is 1.84 bits per heavy atom. The van der Waals surface area contributed by atoms with Crippen LogP contribution in [0.25, 0.3) is 0 Å². The van der Waals surface area contributed by atoms with Crippen LogP contribution in [0.15, 0.2) is 46.0 Å². The fourth-order valence-corrected chi connectivity index (χ4v) is 3.50. The van der Waals surface area contributed by atoms with Gasteiger partial charge < -0.3 is 0 Å². The Bertz CT molecular complexity index is 607. The first-order valence-corrected chi connectivity index (χ1v) is 8.73. The van der Waals surface area contributed by atoms with E-state index in [0.29, 0.717) is 12.4 Å². The second-order valence-electron chi connectivity index (χ2n) is 4.04. The summed E-state index contributed by atoms with van der Waals surface area (Å²) in [6.45, 7) is 0.315. The minimum absolute atomic E-state index is 0.279. The Kier molecular flexibility index (Phi) is 4.99. The maximum atomic E-state index is 12.1. The first kappa shape index (κ1) is 14.5. The highest BCUT2D eigenvalue weighted by atomic mass is 35.5. The molecule has 0 unspecified atom stereocenters. The Morgan fingerprint density at radius 3 is 2.42 bits per heavy atom. The predicted octanol–water partition coefficient (Wildman–Crippen LogP) is 3.01. The number of thiophene rings is 1. The lowest BCUT2D eigenvalue weighted by Crippen LogP contribution is -2.22. The molecule has 0 fully saturated rings. The number of halogens is 1. The first-order chi connectivity index (χ1) is 9.12. The van der Waals surface area contributed by atoms with Crippen LogP contribution in [-0.2, 0) is 23.0 Å². The van der Waals surface area contributed by atoms with Crippen LogP contribution in [0.3, 0.4) is 0 Å². The van der Waals surface area contributed by atoms with E-state index < -0.39 is 10.0 Å². The van der Waals surface area contributed by atoms with E-state index in [1.54, 1.807) is 35.6 Å². The molecule has 3 nitrogen and oxygen atoms in total. The van der Waals surface area contributed by atoms with E-state index in [1.807, 2.05) is 16.8 Å². The maximum Gasteiger partial charge on any atom is 0.240 e. The van der Waals surface area contributed by atoms with Crippen LogP contribution in [0.4, 0.5) is 0 Å². The molecule has 1 aromatic heterocycles. The SMILES string of the molecule is O=S(=O)(NCc1ccsc1)c1ccc(CCCl)cc1. The molecule has 0 saturated heterocycles. The Labute approximate surface area is 122 Å². The molecule has 0 aliphatic carbocycles. The van der Waals surface area contributed by atoms with Crippen LogP contribution in [0.2, 0.25) is 0 Å². The van der Waals surface area contributed by atoms with Gasteiger partial charge in [0.15, 0.2) is 0 Å². The summed E-state index contributed by atoms with van der Waals surface area (Å²) in [5, 5.41) is 3.84. The Morgan fingerprint density at radius 1 is 1.11 bits per heavy atom. The van der Waals surface area contributed by atoms with Crippen LogP contribution in [0.5, 0.6) is 0 Å². The van der Waals surface area contributed by atoms with Gasteiger partial charge in [0, 0.05) is 12.4 Å². The lowest BCUT2D eigenvalue weighted by atomic mass is 10.2. The van der Waals surface area contributed by atoms with Crippen molar-refractivity contribution < 1.29 is 8.42 Å². The van der Waals surface area contributed by atoms with Crippen molar-refractivity contribution in [1.82, 2.24) is 4.72 Å². The molecule has 0 saturated carbocycles. The van der Waals surface area contributed by atoms with Crippen LogP contribution >= 0.6 is 22.9 Å². The molecule has 19 heavy (non-hydrogen) atoms. The molecule has 1 N–H and O–H groups in total. The van der Waals surface area contributed by atoms with Crippen molar-refractivity contribution in [1.29, 1.82) is 0 Å². The fourth-order valence-electron chi connectivity index (χ4n) is 1.60. The Balaban J connectivity index is 2.06. The smallest absolute Gasteiger partial charge is 0.207 e. The van der Waals surface area contributed by atoms with Crippen LogP contribution < -0.4 is 4.72 Å². The van der Waals surface area contributed by atoms with E-state index in [-0.39, 0.29) is 4.90 Å². The number of sulfonamides is 1. The molecule has 0 atom stereocenters. The monoisotopic (exact) mass is 315 g/mol. The number of benzene rings is 1. The quantitative estimate of drug-likeness (QED) is 0.833. The van der Waals surface area contributed by atoms with Crippen molar-refractivity contribution in [3.05, 3.63) is 52.2 Å². The molecular weight excluding hydrogens is 302 g/mol. The number of aryl methyl sites for hydroxylation is 1. The molecule has 1 aromatic carbocycles. The fraction of sp³-hybridized carbons (Fsp3) is 0.231. The molecule has 2 rings (SSSR count). The third-order valence-electron chi connectivity index (χ3n) is 2.66. The van der Waals surface area contributed by atoms with Gasteiger partial charge in [-0.05, 0) is 46.5 Å². The summed E-state index contributed by atoms with van der Waals surface area (Å²) < 4.78 is 26.7. The number of alkyl halides is 1. The van der Waals surface area contributed by atoms with Gasteiger partial charge in [-0.2, -0.15) is 11.3 Å². The summed E-state index contributed by atoms with van der Waals surface area (Å²) in [4.78, 5) is 0.279. The summed E-state index contributed by atoms with van der Waals surface area (Å²) in [7, 11) is -3.45. The van der Waals surface area contributed by atoms with Gasteiger partial charge in [0.1, 0.15) is 0 Å². The normalized spacial score (nSPS) is 11.6. The molecule has 0 spiro atoms. The average Bonchev–Trinajstić information content (AvgIpc) is 2.91. The third kappa shape index (κ3) is 4.04. The van der Waals surface area contributed by atoms with Crippen molar-refractivity contribution >= 4 is 33.0 Å². The number of rotatable bonds is 6. The molecule has 0 aliphatic rings. The van der Waals surface area contributed by atoms with Crippen LogP contribution in [-0.4, -0.2) is 14.3 Å². The minimum Gasteiger partial charge on any atom is -0.207 e. The van der Waals surface area contributed by atoms with Gasteiger partial charge in [0.05, 0.1) is 4.90 Å². The second-order valence-corrected chi connectivity index (χ2v) is 6.96. The molecule has 6 heteroatoms.